The number of hydrogen-bond acceptors (Lipinski definition) is 2. The highest BCUT2D eigenvalue weighted by Crippen LogP contribution is 2.22. The summed E-state index contributed by atoms with van der Waals surface area (Å²) >= 11 is 0. The SMILES string of the molecule is Cc1cc(C)c2oc(=O)cc(C[NH+]3CCCC[C@H]3C)c2c1. The van der Waals surface area contributed by atoms with E-state index in [1.165, 1.54) is 31.4 Å². The fourth-order valence-corrected chi connectivity index (χ4v) is 3.59. The van der Waals surface area contributed by atoms with E-state index in [1.807, 2.05) is 6.92 Å². The summed E-state index contributed by atoms with van der Waals surface area (Å²) in [6.07, 6.45) is 3.91. The molecule has 1 aromatic heterocycles. The van der Waals surface area contributed by atoms with Crippen molar-refractivity contribution in [2.45, 2.75) is 52.6 Å². The largest absolute Gasteiger partial charge is 0.422 e. The number of rotatable bonds is 2. The molecule has 1 N–H and O–H groups in total. The quantitative estimate of drug-likeness (QED) is 0.860. The summed E-state index contributed by atoms with van der Waals surface area (Å²) in [6, 6.07) is 6.59. The standard InChI is InChI=1S/C18H23NO2/c1-12-8-13(2)18-16(9-12)15(10-17(20)21-18)11-19-7-5-4-6-14(19)3/h8-10,14H,4-7,11H2,1-3H3/p+1/t14-/m1/s1. The van der Waals surface area contributed by atoms with E-state index in [1.54, 1.807) is 11.0 Å². The Morgan fingerprint density at radius 1 is 1.24 bits per heavy atom. The minimum atomic E-state index is -0.228. The molecule has 1 aliphatic rings. The first-order valence-corrected chi connectivity index (χ1v) is 7.93. The minimum absolute atomic E-state index is 0.228. The van der Waals surface area contributed by atoms with Crippen LogP contribution in [0.4, 0.5) is 0 Å². The molecule has 1 aromatic carbocycles. The highest BCUT2D eigenvalue weighted by Gasteiger charge is 2.23. The molecule has 0 amide bonds. The first kappa shape index (κ1) is 14.3. The van der Waals surface area contributed by atoms with Crippen LogP contribution in [-0.2, 0) is 6.54 Å². The fourth-order valence-electron chi connectivity index (χ4n) is 3.59. The van der Waals surface area contributed by atoms with E-state index >= 15 is 0 Å². The Morgan fingerprint density at radius 2 is 2.05 bits per heavy atom. The number of piperidine rings is 1. The topological polar surface area (TPSA) is 34.6 Å². The van der Waals surface area contributed by atoms with Crippen LogP contribution in [-0.4, -0.2) is 12.6 Å². The maximum absolute atomic E-state index is 11.9. The molecule has 0 bridgehead atoms. The maximum Gasteiger partial charge on any atom is 0.336 e. The third-order valence-corrected chi connectivity index (χ3v) is 4.76. The second-order valence-electron chi connectivity index (χ2n) is 6.53. The Bertz CT molecular complexity index is 717. The van der Waals surface area contributed by atoms with Gasteiger partial charge in [0.25, 0.3) is 0 Å². The van der Waals surface area contributed by atoms with Crippen LogP contribution in [0, 0.1) is 13.8 Å². The van der Waals surface area contributed by atoms with Gasteiger partial charge in [-0.3, -0.25) is 0 Å². The Kier molecular flexibility index (Phi) is 3.85. The first-order valence-electron chi connectivity index (χ1n) is 7.93. The third kappa shape index (κ3) is 2.88. The predicted octanol–water partition coefficient (Wildman–Crippen LogP) is 2.37. The van der Waals surface area contributed by atoms with Crippen molar-refractivity contribution in [1.29, 1.82) is 0 Å². The summed E-state index contributed by atoms with van der Waals surface area (Å²) in [4.78, 5) is 13.5. The van der Waals surface area contributed by atoms with E-state index < -0.39 is 0 Å². The van der Waals surface area contributed by atoms with Gasteiger partial charge in [0.15, 0.2) is 0 Å². The van der Waals surface area contributed by atoms with Crippen LogP contribution in [0.5, 0.6) is 0 Å². The number of quaternary nitrogens is 1. The van der Waals surface area contributed by atoms with Gasteiger partial charge in [0.1, 0.15) is 12.1 Å². The lowest BCUT2D eigenvalue weighted by Crippen LogP contribution is -3.14. The molecule has 1 unspecified atom stereocenters. The number of hydrogen-bond donors (Lipinski definition) is 1. The van der Waals surface area contributed by atoms with Crippen molar-refractivity contribution in [3.05, 3.63) is 45.3 Å². The van der Waals surface area contributed by atoms with Gasteiger partial charge in [0, 0.05) is 17.0 Å². The lowest BCUT2D eigenvalue weighted by Gasteiger charge is -2.30. The van der Waals surface area contributed by atoms with E-state index in [0.717, 1.165) is 28.6 Å². The molecule has 3 rings (SSSR count). The summed E-state index contributed by atoms with van der Waals surface area (Å²) in [5, 5.41) is 1.11. The van der Waals surface area contributed by atoms with Crippen LogP contribution in [0.25, 0.3) is 11.0 Å². The Morgan fingerprint density at radius 3 is 2.81 bits per heavy atom. The van der Waals surface area contributed by atoms with Gasteiger partial charge in [-0.25, -0.2) is 4.79 Å². The molecule has 1 saturated heterocycles. The molecule has 0 aliphatic carbocycles. The van der Waals surface area contributed by atoms with Crippen molar-refractivity contribution in [2.24, 2.45) is 0 Å². The molecule has 3 heteroatoms. The van der Waals surface area contributed by atoms with E-state index in [2.05, 4.69) is 26.0 Å². The number of aryl methyl sites for hydroxylation is 2. The zero-order valence-electron chi connectivity index (χ0n) is 13.2. The number of likely N-dealkylation sites (tertiary alicyclic amines) is 1. The fraction of sp³-hybridized carbons (Fsp3) is 0.500. The summed E-state index contributed by atoms with van der Waals surface area (Å²) in [5.41, 5.74) is 3.93. The van der Waals surface area contributed by atoms with Gasteiger partial charge in [-0.05, 0) is 57.2 Å². The zero-order chi connectivity index (χ0) is 15.0. The van der Waals surface area contributed by atoms with Gasteiger partial charge >= 0.3 is 5.63 Å². The van der Waals surface area contributed by atoms with Crippen LogP contribution in [0.1, 0.15) is 42.9 Å². The first-order chi connectivity index (χ1) is 10.0. The van der Waals surface area contributed by atoms with Crippen molar-refractivity contribution in [3.63, 3.8) is 0 Å². The number of fused-ring (bicyclic) bond motifs is 1. The van der Waals surface area contributed by atoms with Crippen molar-refractivity contribution in [2.75, 3.05) is 6.54 Å². The average Bonchev–Trinajstić information content (AvgIpc) is 2.42. The van der Waals surface area contributed by atoms with Crippen molar-refractivity contribution in [1.82, 2.24) is 0 Å². The molecule has 0 saturated carbocycles. The smallest absolute Gasteiger partial charge is 0.336 e. The van der Waals surface area contributed by atoms with Gasteiger partial charge in [0.2, 0.25) is 0 Å². The summed E-state index contributed by atoms with van der Waals surface area (Å²) in [6.45, 7) is 8.55. The lowest BCUT2D eigenvalue weighted by molar-refractivity contribution is -0.941. The normalized spacial score (nSPS) is 22.6. The van der Waals surface area contributed by atoms with Gasteiger partial charge < -0.3 is 9.32 Å². The summed E-state index contributed by atoms with van der Waals surface area (Å²) in [7, 11) is 0. The van der Waals surface area contributed by atoms with E-state index in [9.17, 15) is 4.79 Å². The van der Waals surface area contributed by atoms with Gasteiger partial charge in [0.05, 0.1) is 12.6 Å². The van der Waals surface area contributed by atoms with Crippen LogP contribution < -0.4 is 10.5 Å². The molecule has 2 atom stereocenters. The Balaban J connectivity index is 2.06. The number of benzene rings is 1. The lowest BCUT2D eigenvalue weighted by atomic mass is 10.00. The van der Waals surface area contributed by atoms with Gasteiger partial charge in [-0.15, -0.1) is 0 Å². The van der Waals surface area contributed by atoms with Crippen LogP contribution in [0.2, 0.25) is 0 Å². The molecule has 2 heterocycles. The molecule has 0 spiro atoms. The van der Waals surface area contributed by atoms with Crippen molar-refractivity contribution < 1.29 is 9.32 Å². The Labute approximate surface area is 125 Å². The van der Waals surface area contributed by atoms with Gasteiger partial charge in [-0.1, -0.05) is 6.07 Å². The monoisotopic (exact) mass is 286 g/mol. The van der Waals surface area contributed by atoms with Crippen LogP contribution >= 0.6 is 0 Å². The summed E-state index contributed by atoms with van der Waals surface area (Å²) < 4.78 is 5.44. The Hall–Kier alpha value is -1.61. The summed E-state index contributed by atoms with van der Waals surface area (Å²) in [5.74, 6) is 0. The third-order valence-electron chi connectivity index (χ3n) is 4.76. The van der Waals surface area contributed by atoms with E-state index in [-0.39, 0.29) is 5.63 Å². The second kappa shape index (κ2) is 5.64. The maximum atomic E-state index is 11.9. The van der Waals surface area contributed by atoms with E-state index in [4.69, 9.17) is 4.42 Å². The molecule has 3 nitrogen and oxygen atoms in total. The highest BCUT2D eigenvalue weighted by molar-refractivity contribution is 5.83. The molecule has 1 aliphatic heterocycles. The van der Waals surface area contributed by atoms with Crippen molar-refractivity contribution in [3.8, 4) is 0 Å². The molecule has 112 valence electrons. The van der Waals surface area contributed by atoms with Crippen LogP contribution in [0.15, 0.2) is 27.4 Å². The average molecular weight is 286 g/mol. The van der Waals surface area contributed by atoms with Gasteiger partial charge in [-0.2, -0.15) is 0 Å². The highest BCUT2D eigenvalue weighted by atomic mass is 16.4. The molecule has 2 aromatic rings. The molecule has 0 radical (unpaired) electrons. The second-order valence-corrected chi connectivity index (χ2v) is 6.53. The van der Waals surface area contributed by atoms with E-state index in [0.29, 0.717) is 6.04 Å². The molecular formula is C18H24NO2+. The minimum Gasteiger partial charge on any atom is -0.422 e. The van der Waals surface area contributed by atoms with Crippen LogP contribution in [0.3, 0.4) is 0 Å². The molecule has 1 fully saturated rings. The predicted molar refractivity (Wildman–Crippen MR) is 84.8 cm³/mol. The number of nitrogens with one attached hydrogen (secondary N) is 1. The zero-order valence-corrected chi connectivity index (χ0v) is 13.2. The molecular weight excluding hydrogens is 262 g/mol. The van der Waals surface area contributed by atoms with Crippen molar-refractivity contribution >= 4 is 11.0 Å². The molecule has 21 heavy (non-hydrogen) atoms.